The molecule has 6 nitrogen and oxygen atoms in total. The van der Waals surface area contributed by atoms with Crippen LogP contribution in [0.15, 0.2) is 47.4 Å². The first-order valence-corrected chi connectivity index (χ1v) is 10.6. The molecule has 28 heavy (non-hydrogen) atoms. The Bertz CT molecular complexity index is 805. The summed E-state index contributed by atoms with van der Waals surface area (Å²) < 4.78 is 0. The van der Waals surface area contributed by atoms with Gasteiger partial charge in [0, 0.05) is 51.5 Å². The monoisotopic (exact) mass is 378 g/mol. The van der Waals surface area contributed by atoms with E-state index in [4.69, 9.17) is 4.99 Å². The van der Waals surface area contributed by atoms with Crippen LogP contribution >= 0.6 is 0 Å². The number of fused-ring (bicyclic) bond motifs is 2. The predicted molar refractivity (Wildman–Crippen MR) is 112 cm³/mol. The lowest BCUT2D eigenvalue weighted by atomic mass is 9.92. The summed E-state index contributed by atoms with van der Waals surface area (Å²) in [7, 11) is 2.20. The lowest BCUT2D eigenvalue weighted by Crippen LogP contribution is -2.48. The van der Waals surface area contributed by atoms with E-state index in [1.807, 2.05) is 6.20 Å². The first-order chi connectivity index (χ1) is 13.8. The van der Waals surface area contributed by atoms with E-state index in [1.165, 1.54) is 29.9 Å². The van der Waals surface area contributed by atoms with Crippen molar-refractivity contribution in [1.29, 1.82) is 0 Å². The zero-order valence-electron chi connectivity index (χ0n) is 16.7. The van der Waals surface area contributed by atoms with Crippen molar-refractivity contribution in [1.82, 2.24) is 25.0 Å². The van der Waals surface area contributed by atoms with Gasteiger partial charge in [-0.15, -0.1) is 0 Å². The normalized spacial score (nSPS) is 27.3. The molecule has 0 saturated carbocycles. The van der Waals surface area contributed by atoms with Crippen LogP contribution in [-0.2, 0) is 6.42 Å². The largest absolute Gasteiger partial charge is 0.355 e. The fourth-order valence-corrected chi connectivity index (χ4v) is 4.76. The van der Waals surface area contributed by atoms with Crippen LogP contribution in [0.2, 0.25) is 0 Å². The van der Waals surface area contributed by atoms with E-state index in [0.717, 1.165) is 51.5 Å². The van der Waals surface area contributed by atoms with Crippen LogP contribution in [0.1, 0.15) is 30.1 Å². The van der Waals surface area contributed by atoms with Gasteiger partial charge in [-0.25, -0.2) is 0 Å². The highest BCUT2D eigenvalue weighted by Gasteiger charge is 2.32. The van der Waals surface area contributed by atoms with E-state index in [0.29, 0.717) is 12.1 Å². The van der Waals surface area contributed by atoms with Crippen molar-refractivity contribution >= 4 is 5.84 Å². The Hall–Kier alpha value is -2.18. The van der Waals surface area contributed by atoms with Crippen molar-refractivity contribution in [2.24, 2.45) is 4.99 Å². The molecule has 4 aliphatic rings. The molecule has 148 valence electrons. The molecule has 2 unspecified atom stereocenters. The van der Waals surface area contributed by atoms with Gasteiger partial charge in [-0.05, 0) is 50.1 Å². The SMILES string of the molecule is CN1CCN(C2=CC=CC3=NC(CNC4CCCc5cccnc54)CN23)CC1. The molecule has 1 aromatic rings. The minimum Gasteiger partial charge on any atom is -0.355 e. The molecule has 2 atom stereocenters. The molecule has 0 amide bonds. The number of hydrogen-bond donors (Lipinski definition) is 1. The van der Waals surface area contributed by atoms with Crippen LogP contribution in [0.5, 0.6) is 0 Å². The smallest absolute Gasteiger partial charge is 0.129 e. The number of hydrogen-bond acceptors (Lipinski definition) is 6. The summed E-state index contributed by atoms with van der Waals surface area (Å²) in [4.78, 5) is 17.0. The Morgan fingerprint density at radius 1 is 1.21 bits per heavy atom. The molecule has 4 heterocycles. The van der Waals surface area contributed by atoms with E-state index in [1.54, 1.807) is 0 Å². The third-order valence-corrected chi connectivity index (χ3v) is 6.37. The number of likely N-dealkylation sites (N-methyl/N-ethyl adjacent to an activating group) is 1. The summed E-state index contributed by atoms with van der Waals surface area (Å²) in [5.41, 5.74) is 2.65. The quantitative estimate of drug-likeness (QED) is 0.866. The Labute approximate surface area is 167 Å². The number of rotatable bonds is 4. The molecule has 3 aliphatic heterocycles. The second-order valence-corrected chi connectivity index (χ2v) is 8.33. The number of amidine groups is 1. The van der Waals surface area contributed by atoms with Gasteiger partial charge in [-0.1, -0.05) is 12.1 Å². The van der Waals surface area contributed by atoms with Crippen molar-refractivity contribution in [2.45, 2.75) is 31.3 Å². The summed E-state index contributed by atoms with van der Waals surface area (Å²) in [5.74, 6) is 2.44. The highest BCUT2D eigenvalue weighted by atomic mass is 15.4. The van der Waals surface area contributed by atoms with Crippen LogP contribution in [-0.4, -0.2) is 77.9 Å². The van der Waals surface area contributed by atoms with E-state index >= 15 is 0 Å². The minimum absolute atomic E-state index is 0.294. The Morgan fingerprint density at radius 2 is 2.11 bits per heavy atom. The molecule has 0 radical (unpaired) electrons. The maximum atomic E-state index is 5.01. The van der Waals surface area contributed by atoms with Crippen LogP contribution in [0.25, 0.3) is 0 Å². The summed E-state index contributed by atoms with van der Waals surface area (Å²) in [6.07, 6.45) is 12.0. The fraction of sp³-hybridized carbons (Fsp3) is 0.545. The van der Waals surface area contributed by atoms with E-state index < -0.39 is 0 Å². The standard InChI is InChI=1S/C22H30N6/c1-26-11-13-27(14-12-26)21-9-3-8-20-25-18(16-28(20)21)15-24-19-7-2-5-17-6-4-10-23-22(17)19/h3-4,6,8-10,18-19,24H,2,5,7,11-16H2,1H3. The fourth-order valence-electron chi connectivity index (χ4n) is 4.76. The summed E-state index contributed by atoms with van der Waals surface area (Å²) in [6, 6.07) is 4.94. The van der Waals surface area contributed by atoms with E-state index in [-0.39, 0.29) is 0 Å². The van der Waals surface area contributed by atoms with E-state index in [9.17, 15) is 0 Å². The maximum Gasteiger partial charge on any atom is 0.129 e. The van der Waals surface area contributed by atoms with Crippen molar-refractivity contribution in [3.8, 4) is 0 Å². The molecule has 1 aromatic heterocycles. The van der Waals surface area contributed by atoms with Crippen molar-refractivity contribution < 1.29 is 0 Å². The minimum atomic E-state index is 0.294. The predicted octanol–water partition coefficient (Wildman–Crippen LogP) is 1.79. The molecule has 6 heteroatoms. The van der Waals surface area contributed by atoms with Gasteiger partial charge in [0.15, 0.2) is 0 Å². The summed E-state index contributed by atoms with van der Waals surface area (Å²) in [5, 5.41) is 3.77. The zero-order chi connectivity index (χ0) is 18.9. The van der Waals surface area contributed by atoms with Crippen molar-refractivity contribution in [3.05, 3.63) is 53.6 Å². The number of pyridine rings is 1. The first-order valence-electron chi connectivity index (χ1n) is 10.6. The molecule has 1 saturated heterocycles. The Balaban J connectivity index is 1.22. The van der Waals surface area contributed by atoms with Crippen molar-refractivity contribution in [2.75, 3.05) is 46.3 Å². The summed E-state index contributed by atoms with van der Waals surface area (Å²) in [6.45, 7) is 6.30. The van der Waals surface area contributed by atoms with Gasteiger partial charge in [0.1, 0.15) is 11.7 Å². The number of aryl methyl sites for hydroxylation is 1. The van der Waals surface area contributed by atoms with Crippen molar-refractivity contribution in [3.63, 3.8) is 0 Å². The van der Waals surface area contributed by atoms with Crippen LogP contribution < -0.4 is 5.32 Å². The molecule has 0 bridgehead atoms. The second kappa shape index (κ2) is 7.68. The van der Waals surface area contributed by atoms with Gasteiger partial charge >= 0.3 is 0 Å². The number of aliphatic imine (C=N–C) groups is 1. The number of nitrogens with zero attached hydrogens (tertiary/aromatic N) is 5. The van der Waals surface area contributed by atoms with Gasteiger partial charge < -0.3 is 20.0 Å². The average Bonchev–Trinajstić information content (AvgIpc) is 3.16. The molecule has 1 aliphatic carbocycles. The van der Waals surface area contributed by atoms with Crippen LogP contribution in [0.4, 0.5) is 0 Å². The number of piperazine rings is 1. The molecule has 5 rings (SSSR count). The topological polar surface area (TPSA) is 47.0 Å². The molecule has 1 N–H and O–H groups in total. The van der Waals surface area contributed by atoms with Gasteiger partial charge in [-0.3, -0.25) is 9.98 Å². The maximum absolute atomic E-state index is 5.01. The average molecular weight is 379 g/mol. The van der Waals surface area contributed by atoms with Gasteiger partial charge in [-0.2, -0.15) is 0 Å². The highest BCUT2D eigenvalue weighted by molar-refractivity contribution is 5.96. The Kier molecular flexibility index (Phi) is 4.91. The molecular formula is C22H30N6. The molecular weight excluding hydrogens is 348 g/mol. The van der Waals surface area contributed by atoms with Gasteiger partial charge in [0.05, 0.1) is 11.7 Å². The summed E-state index contributed by atoms with van der Waals surface area (Å²) >= 11 is 0. The third kappa shape index (κ3) is 3.47. The van der Waals surface area contributed by atoms with E-state index in [2.05, 4.69) is 62.4 Å². The third-order valence-electron chi connectivity index (χ3n) is 6.37. The lowest BCUT2D eigenvalue weighted by Gasteiger charge is -2.39. The molecule has 0 spiro atoms. The second-order valence-electron chi connectivity index (χ2n) is 8.33. The number of nitrogens with one attached hydrogen (secondary N) is 1. The lowest BCUT2D eigenvalue weighted by molar-refractivity contribution is 0.160. The molecule has 0 aromatic carbocycles. The zero-order valence-corrected chi connectivity index (χ0v) is 16.7. The highest BCUT2D eigenvalue weighted by Crippen LogP contribution is 2.28. The molecule has 1 fully saturated rings. The van der Waals surface area contributed by atoms with Gasteiger partial charge in [0.25, 0.3) is 0 Å². The number of allylic oxidation sites excluding steroid dienone is 2. The van der Waals surface area contributed by atoms with Crippen LogP contribution in [0, 0.1) is 0 Å². The van der Waals surface area contributed by atoms with Crippen LogP contribution in [0.3, 0.4) is 0 Å². The Morgan fingerprint density at radius 3 is 3.00 bits per heavy atom. The first kappa shape index (κ1) is 17.9. The number of aromatic nitrogens is 1. The van der Waals surface area contributed by atoms with Gasteiger partial charge in [0.2, 0.25) is 0 Å².